The fourth-order valence-electron chi connectivity index (χ4n) is 1.87. The molecule has 96 valence electrons. The molecule has 2 rings (SSSR count). The highest BCUT2D eigenvalue weighted by molar-refractivity contribution is 14.0. The Kier molecular flexibility index (Phi) is 5.23. The van der Waals surface area contributed by atoms with Gasteiger partial charge in [-0.2, -0.15) is 5.10 Å². The van der Waals surface area contributed by atoms with Crippen LogP contribution >= 0.6 is 24.0 Å². The van der Waals surface area contributed by atoms with Crippen LogP contribution in [0.4, 0.5) is 0 Å². The maximum Gasteiger partial charge on any atom is 0.191 e. The molecule has 0 saturated carbocycles. The number of aryl methyl sites for hydroxylation is 2. The fourth-order valence-corrected chi connectivity index (χ4v) is 1.87. The summed E-state index contributed by atoms with van der Waals surface area (Å²) in [5.74, 6) is 0.901. The average Bonchev–Trinajstić information content (AvgIpc) is 2.81. The first kappa shape index (κ1) is 14.3. The topological polar surface area (TPSA) is 54.2 Å². The lowest BCUT2D eigenvalue weighted by Crippen LogP contribution is -2.37. The molecular weight excluding hydrogens is 329 g/mol. The lowest BCUT2D eigenvalue weighted by atomic mass is 10.2. The number of hydrogen-bond acceptors (Lipinski definition) is 4. The molecule has 2 heterocycles. The molecule has 0 spiro atoms. The Morgan fingerprint density at radius 2 is 2.35 bits per heavy atom. The second-order valence-electron chi connectivity index (χ2n) is 4.22. The molecule has 1 atom stereocenters. The van der Waals surface area contributed by atoms with Crippen LogP contribution in [0.2, 0.25) is 0 Å². The molecule has 0 radical (unpaired) electrons. The predicted molar refractivity (Wildman–Crippen MR) is 79.7 cm³/mol. The molecule has 0 amide bonds. The first-order valence-electron chi connectivity index (χ1n) is 5.75. The van der Waals surface area contributed by atoms with Crippen molar-refractivity contribution in [1.29, 1.82) is 0 Å². The van der Waals surface area contributed by atoms with Crippen molar-refractivity contribution in [3.63, 3.8) is 0 Å². The third kappa shape index (κ3) is 3.58. The molecule has 0 aromatic carbocycles. The summed E-state index contributed by atoms with van der Waals surface area (Å²) in [4.78, 5) is 4.36. The maximum absolute atomic E-state index is 4.41. The fraction of sp³-hybridized carbons (Fsp3) is 0.636. The third-order valence-electron chi connectivity index (χ3n) is 2.68. The summed E-state index contributed by atoms with van der Waals surface area (Å²) in [7, 11) is 1.95. The summed E-state index contributed by atoms with van der Waals surface area (Å²) in [5, 5.41) is 11.0. The molecule has 1 aliphatic heterocycles. The molecule has 1 aromatic rings. The normalized spacial score (nSPS) is 18.3. The van der Waals surface area contributed by atoms with Crippen LogP contribution in [0.15, 0.2) is 11.2 Å². The van der Waals surface area contributed by atoms with Gasteiger partial charge in [0.25, 0.3) is 0 Å². The number of nitrogens with one attached hydrogen (secondary N) is 2. The van der Waals surface area contributed by atoms with Crippen LogP contribution < -0.4 is 10.6 Å². The molecule has 1 aliphatic rings. The quantitative estimate of drug-likeness (QED) is 0.802. The lowest BCUT2D eigenvalue weighted by Gasteiger charge is -2.08. The number of aliphatic imine (C=N–C) groups is 1. The van der Waals surface area contributed by atoms with E-state index in [0.29, 0.717) is 6.04 Å². The summed E-state index contributed by atoms with van der Waals surface area (Å²) < 4.78 is 1.86. The molecule has 1 unspecified atom stereocenters. The van der Waals surface area contributed by atoms with Crippen LogP contribution in [0, 0.1) is 0 Å². The van der Waals surface area contributed by atoms with E-state index in [4.69, 9.17) is 0 Å². The summed E-state index contributed by atoms with van der Waals surface area (Å²) in [5.41, 5.74) is 2.40. The molecule has 17 heavy (non-hydrogen) atoms. The minimum Gasteiger partial charge on any atom is -0.352 e. The predicted octanol–water partition coefficient (Wildman–Crippen LogP) is 1.04. The number of hydrogen-bond donors (Lipinski definition) is 2. The summed E-state index contributed by atoms with van der Waals surface area (Å²) in [6.45, 7) is 5.89. The van der Waals surface area contributed by atoms with Crippen molar-refractivity contribution in [3.8, 4) is 0 Å². The zero-order valence-electron chi connectivity index (χ0n) is 10.5. The summed E-state index contributed by atoms with van der Waals surface area (Å²) in [6, 6.07) is 0.446. The average molecular weight is 349 g/mol. The van der Waals surface area contributed by atoms with Gasteiger partial charge in [-0.15, -0.1) is 24.0 Å². The Bertz CT molecular complexity index is 399. The maximum atomic E-state index is 4.41. The van der Waals surface area contributed by atoms with Gasteiger partial charge in [0.15, 0.2) is 5.96 Å². The van der Waals surface area contributed by atoms with E-state index >= 15 is 0 Å². The van der Waals surface area contributed by atoms with E-state index in [-0.39, 0.29) is 24.0 Å². The molecule has 1 aromatic heterocycles. The first-order chi connectivity index (χ1) is 7.69. The van der Waals surface area contributed by atoms with E-state index in [2.05, 4.69) is 40.8 Å². The van der Waals surface area contributed by atoms with E-state index in [1.54, 1.807) is 0 Å². The molecule has 0 saturated heterocycles. The van der Waals surface area contributed by atoms with Crippen molar-refractivity contribution in [2.75, 3.05) is 6.54 Å². The standard InChI is InChI=1S/C11H19N5.HI/c1-4-10-9(7-16(3)15-10)6-13-11-12-5-8(2)14-11;/h7-8H,4-6H2,1-3H3,(H2,12,13,14);1H. The minimum absolute atomic E-state index is 0. The van der Waals surface area contributed by atoms with Crippen molar-refractivity contribution < 1.29 is 0 Å². The molecule has 0 aliphatic carbocycles. The molecule has 5 nitrogen and oxygen atoms in total. The van der Waals surface area contributed by atoms with Crippen LogP contribution in [-0.2, 0) is 20.0 Å². The monoisotopic (exact) mass is 349 g/mol. The van der Waals surface area contributed by atoms with Gasteiger partial charge < -0.3 is 10.6 Å². The zero-order valence-corrected chi connectivity index (χ0v) is 12.9. The number of guanidine groups is 1. The van der Waals surface area contributed by atoms with E-state index < -0.39 is 0 Å². The Hall–Kier alpha value is -0.790. The Morgan fingerprint density at radius 3 is 2.94 bits per heavy atom. The van der Waals surface area contributed by atoms with Crippen LogP contribution in [0.1, 0.15) is 25.1 Å². The van der Waals surface area contributed by atoms with Crippen molar-refractivity contribution in [2.45, 2.75) is 32.9 Å². The number of aromatic nitrogens is 2. The van der Waals surface area contributed by atoms with Crippen LogP contribution in [-0.4, -0.2) is 28.3 Å². The van der Waals surface area contributed by atoms with Gasteiger partial charge in [-0.25, -0.2) is 0 Å². The Labute approximate surface area is 119 Å². The van der Waals surface area contributed by atoms with E-state index in [0.717, 1.165) is 31.2 Å². The molecule has 0 bridgehead atoms. The molecule has 2 N–H and O–H groups in total. The van der Waals surface area contributed by atoms with Gasteiger partial charge in [-0.3, -0.25) is 9.67 Å². The molecular formula is C11H20IN5. The van der Waals surface area contributed by atoms with Crippen molar-refractivity contribution in [1.82, 2.24) is 20.4 Å². The van der Waals surface area contributed by atoms with E-state index in [1.165, 1.54) is 5.56 Å². The molecule has 6 heteroatoms. The minimum atomic E-state index is 0. The van der Waals surface area contributed by atoms with Crippen LogP contribution in [0.5, 0.6) is 0 Å². The van der Waals surface area contributed by atoms with Gasteiger partial charge in [0, 0.05) is 31.4 Å². The van der Waals surface area contributed by atoms with Gasteiger partial charge in [-0.05, 0) is 13.3 Å². The van der Waals surface area contributed by atoms with Crippen LogP contribution in [0.25, 0.3) is 0 Å². The Morgan fingerprint density at radius 1 is 1.59 bits per heavy atom. The summed E-state index contributed by atoms with van der Waals surface area (Å²) >= 11 is 0. The van der Waals surface area contributed by atoms with Gasteiger partial charge in [0.1, 0.15) is 0 Å². The number of rotatable bonds is 3. The van der Waals surface area contributed by atoms with Crippen LogP contribution in [0.3, 0.4) is 0 Å². The highest BCUT2D eigenvalue weighted by Crippen LogP contribution is 2.06. The van der Waals surface area contributed by atoms with E-state index in [9.17, 15) is 0 Å². The first-order valence-corrected chi connectivity index (χ1v) is 5.75. The largest absolute Gasteiger partial charge is 0.352 e. The van der Waals surface area contributed by atoms with Crippen molar-refractivity contribution in [2.24, 2.45) is 12.0 Å². The van der Waals surface area contributed by atoms with Gasteiger partial charge in [-0.1, -0.05) is 6.92 Å². The lowest BCUT2D eigenvalue weighted by molar-refractivity contribution is 0.712. The number of halogens is 1. The van der Waals surface area contributed by atoms with E-state index in [1.807, 2.05) is 11.7 Å². The SMILES string of the molecule is CCc1nn(C)cc1CNC1=NCC(C)N1.I. The second-order valence-corrected chi connectivity index (χ2v) is 4.22. The Balaban J connectivity index is 0.00000144. The zero-order chi connectivity index (χ0) is 11.5. The van der Waals surface area contributed by atoms with Gasteiger partial charge in [0.05, 0.1) is 12.2 Å². The number of nitrogens with zero attached hydrogens (tertiary/aromatic N) is 3. The van der Waals surface area contributed by atoms with Gasteiger partial charge in [0.2, 0.25) is 0 Å². The van der Waals surface area contributed by atoms with Crippen molar-refractivity contribution in [3.05, 3.63) is 17.5 Å². The summed E-state index contributed by atoms with van der Waals surface area (Å²) in [6.07, 6.45) is 3.03. The van der Waals surface area contributed by atoms with Crippen molar-refractivity contribution >= 4 is 29.9 Å². The molecule has 0 fully saturated rings. The third-order valence-corrected chi connectivity index (χ3v) is 2.68. The smallest absolute Gasteiger partial charge is 0.191 e. The highest BCUT2D eigenvalue weighted by Gasteiger charge is 2.12. The second kappa shape index (κ2) is 6.23. The highest BCUT2D eigenvalue weighted by atomic mass is 127. The van der Waals surface area contributed by atoms with Gasteiger partial charge >= 0.3 is 0 Å².